The maximum absolute atomic E-state index is 12.6. The standard InChI is InChI=1S/C24H27ClF3N3O2/c1-15-4-9-20(22(32)29-14-24(26,27)28)16(2)21(15)13-30(3)10-17-11-31(12-17)23(33)18-5-7-19(25)8-6-18/h4-5,7-9,13,17-18H,1,6,10-12,14H2,2-3H3,(H,29,32)/b21-13+. The molecule has 1 aliphatic carbocycles. The highest BCUT2D eigenvalue weighted by Crippen LogP contribution is 2.25. The summed E-state index contributed by atoms with van der Waals surface area (Å²) < 4.78 is 37.3. The molecule has 9 heteroatoms. The van der Waals surface area contributed by atoms with Crippen molar-refractivity contribution in [1.29, 1.82) is 0 Å². The molecule has 1 aliphatic heterocycles. The molecule has 0 radical (unpaired) electrons. The Labute approximate surface area is 195 Å². The van der Waals surface area contributed by atoms with Crippen LogP contribution in [0.5, 0.6) is 0 Å². The summed E-state index contributed by atoms with van der Waals surface area (Å²) in [7, 11) is 1.89. The molecule has 178 valence electrons. The van der Waals surface area contributed by atoms with Crippen molar-refractivity contribution >= 4 is 36.2 Å². The number of halogens is 4. The number of likely N-dealkylation sites (tertiary alicyclic amines) is 1. The Morgan fingerprint density at radius 1 is 1.33 bits per heavy atom. The summed E-state index contributed by atoms with van der Waals surface area (Å²) in [5.74, 6) is -0.541. The van der Waals surface area contributed by atoms with Crippen LogP contribution in [0.1, 0.15) is 22.3 Å². The lowest BCUT2D eigenvalue weighted by Crippen LogP contribution is -2.54. The molecule has 1 unspecified atom stereocenters. The number of allylic oxidation sites excluding steroid dienone is 3. The first kappa shape index (κ1) is 24.9. The molecule has 1 aromatic rings. The largest absolute Gasteiger partial charge is 0.405 e. The van der Waals surface area contributed by atoms with Gasteiger partial charge in [-0.05, 0) is 36.3 Å². The SMILES string of the molecule is C=c1ccc(C(=O)NCC(F)(F)F)c(C)/c1=C/N(C)CC1CN(C(=O)C2C=CC(Cl)=CC2)C1. The van der Waals surface area contributed by atoms with Crippen LogP contribution in [-0.2, 0) is 4.79 Å². The number of benzene rings is 1. The summed E-state index contributed by atoms with van der Waals surface area (Å²) >= 11 is 5.91. The molecule has 0 saturated carbocycles. The molecule has 1 N–H and O–H groups in total. The lowest BCUT2D eigenvalue weighted by atomic mass is 9.93. The van der Waals surface area contributed by atoms with Crippen LogP contribution in [0.2, 0.25) is 0 Å². The van der Waals surface area contributed by atoms with Crippen LogP contribution in [0.3, 0.4) is 0 Å². The van der Waals surface area contributed by atoms with Gasteiger partial charge in [-0.3, -0.25) is 9.59 Å². The van der Waals surface area contributed by atoms with Crippen molar-refractivity contribution < 1.29 is 22.8 Å². The van der Waals surface area contributed by atoms with Gasteiger partial charge in [0.05, 0.1) is 5.92 Å². The molecule has 0 aromatic heterocycles. The van der Waals surface area contributed by atoms with Gasteiger partial charge < -0.3 is 15.1 Å². The molecule has 2 aliphatic rings. The van der Waals surface area contributed by atoms with Crippen LogP contribution in [0.25, 0.3) is 12.8 Å². The van der Waals surface area contributed by atoms with Crippen molar-refractivity contribution in [2.24, 2.45) is 11.8 Å². The molecule has 3 rings (SSSR count). The van der Waals surface area contributed by atoms with E-state index in [1.807, 2.05) is 40.5 Å². The molecule has 1 saturated heterocycles. The Morgan fingerprint density at radius 2 is 2.03 bits per heavy atom. The molecule has 0 spiro atoms. The fraction of sp³-hybridized carbons (Fsp3) is 0.417. The van der Waals surface area contributed by atoms with Crippen LogP contribution in [0.4, 0.5) is 13.2 Å². The lowest BCUT2D eigenvalue weighted by molar-refractivity contribution is -0.140. The number of carbonyl (C=O) groups excluding carboxylic acids is 2. The zero-order chi connectivity index (χ0) is 24.3. The Bertz CT molecular complexity index is 1090. The summed E-state index contributed by atoms with van der Waals surface area (Å²) in [6.45, 7) is 6.31. The van der Waals surface area contributed by atoms with Crippen molar-refractivity contribution in [3.8, 4) is 0 Å². The Morgan fingerprint density at radius 3 is 2.64 bits per heavy atom. The predicted octanol–water partition coefficient (Wildman–Crippen LogP) is 2.52. The van der Waals surface area contributed by atoms with E-state index in [-0.39, 0.29) is 17.4 Å². The number of rotatable bonds is 6. The van der Waals surface area contributed by atoms with Gasteiger partial charge in [-0.25, -0.2) is 0 Å². The minimum absolute atomic E-state index is 0.100. The van der Waals surface area contributed by atoms with Gasteiger partial charge in [-0.15, -0.1) is 0 Å². The van der Waals surface area contributed by atoms with Crippen LogP contribution >= 0.6 is 11.6 Å². The number of alkyl halides is 3. The number of hydrogen-bond donors (Lipinski definition) is 1. The average Bonchev–Trinajstić information content (AvgIpc) is 2.71. The van der Waals surface area contributed by atoms with Gasteiger partial charge in [-0.2, -0.15) is 13.2 Å². The van der Waals surface area contributed by atoms with Gasteiger partial charge in [-0.1, -0.05) is 36.4 Å². The fourth-order valence-electron chi connectivity index (χ4n) is 4.04. The van der Waals surface area contributed by atoms with Crippen molar-refractivity contribution in [2.75, 3.05) is 33.2 Å². The topological polar surface area (TPSA) is 52.7 Å². The van der Waals surface area contributed by atoms with Crippen LogP contribution in [-0.4, -0.2) is 61.0 Å². The smallest absolute Gasteiger partial charge is 0.380 e. The maximum atomic E-state index is 12.6. The van der Waals surface area contributed by atoms with E-state index in [1.54, 1.807) is 19.1 Å². The number of nitrogens with one attached hydrogen (secondary N) is 1. The predicted molar refractivity (Wildman–Crippen MR) is 123 cm³/mol. The van der Waals surface area contributed by atoms with E-state index in [0.717, 1.165) is 0 Å². The molecule has 2 amide bonds. The molecule has 33 heavy (non-hydrogen) atoms. The van der Waals surface area contributed by atoms with E-state index in [4.69, 9.17) is 11.6 Å². The minimum Gasteiger partial charge on any atom is -0.380 e. The number of nitrogens with zero attached hydrogens (tertiary/aromatic N) is 2. The third-order valence-electron chi connectivity index (χ3n) is 5.84. The number of amides is 2. The summed E-state index contributed by atoms with van der Waals surface area (Å²) in [6.07, 6.45) is 3.43. The van der Waals surface area contributed by atoms with E-state index in [0.29, 0.717) is 53.0 Å². The van der Waals surface area contributed by atoms with Crippen molar-refractivity contribution in [1.82, 2.24) is 15.1 Å². The lowest BCUT2D eigenvalue weighted by Gasteiger charge is -2.42. The average molecular weight is 482 g/mol. The third-order valence-corrected chi connectivity index (χ3v) is 6.12. The van der Waals surface area contributed by atoms with E-state index in [2.05, 4.69) is 6.58 Å². The highest BCUT2D eigenvalue weighted by Gasteiger charge is 2.34. The molecular formula is C24H27ClF3N3O2. The first-order chi connectivity index (χ1) is 15.4. The highest BCUT2D eigenvalue weighted by molar-refractivity contribution is 6.31. The Kier molecular flexibility index (Phi) is 7.57. The number of hydrogen-bond acceptors (Lipinski definition) is 3. The second-order valence-corrected chi connectivity index (χ2v) is 9.01. The molecule has 1 heterocycles. The van der Waals surface area contributed by atoms with Crippen molar-refractivity contribution in [3.05, 3.63) is 57.0 Å². The van der Waals surface area contributed by atoms with Gasteiger partial charge >= 0.3 is 6.18 Å². The molecular weight excluding hydrogens is 455 g/mol. The molecule has 5 nitrogen and oxygen atoms in total. The highest BCUT2D eigenvalue weighted by atomic mass is 35.5. The normalized spacial score (nSPS) is 19.2. The maximum Gasteiger partial charge on any atom is 0.405 e. The van der Waals surface area contributed by atoms with Crippen LogP contribution in [0.15, 0.2) is 35.4 Å². The Hall–Kier alpha value is -2.74. The van der Waals surface area contributed by atoms with Gasteiger partial charge in [0, 0.05) is 54.6 Å². The molecule has 1 fully saturated rings. The minimum atomic E-state index is -4.47. The van der Waals surface area contributed by atoms with Crippen molar-refractivity contribution in [2.45, 2.75) is 19.5 Å². The summed E-state index contributed by atoms with van der Waals surface area (Å²) in [6, 6.07) is 3.11. The van der Waals surface area contributed by atoms with Crippen LogP contribution < -0.4 is 15.8 Å². The van der Waals surface area contributed by atoms with E-state index in [1.165, 1.54) is 6.07 Å². The van der Waals surface area contributed by atoms with Gasteiger partial charge in [0.25, 0.3) is 5.91 Å². The van der Waals surface area contributed by atoms with Gasteiger partial charge in [0.1, 0.15) is 6.54 Å². The zero-order valence-electron chi connectivity index (χ0n) is 18.6. The van der Waals surface area contributed by atoms with Gasteiger partial charge in [0.2, 0.25) is 5.91 Å². The molecule has 1 aromatic carbocycles. The van der Waals surface area contributed by atoms with E-state index < -0.39 is 18.6 Å². The summed E-state index contributed by atoms with van der Waals surface area (Å²) in [4.78, 5) is 28.6. The van der Waals surface area contributed by atoms with E-state index in [9.17, 15) is 22.8 Å². The molecule has 1 atom stereocenters. The second kappa shape index (κ2) is 10.0. The zero-order valence-corrected chi connectivity index (χ0v) is 19.3. The first-order valence-corrected chi connectivity index (χ1v) is 11.0. The van der Waals surface area contributed by atoms with Crippen molar-refractivity contribution in [3.63, 3.8) is 0 Å². The number of carbonyl (C=O) groups is 2. The second-order valence-electron chi connectivity index (χ2n) is 8.58. The van der Waals surface area contributed by atoms with Crippen LogP contribution in [0, 0.1) is 18.8 Å². The summed E-state index contributed by atoms with van der Waals surface area (Å²) in [5, 5.41) is 3.93. The molecule has 0 bridgehead atoms. The first-order valence-electron chi connectivity index (χ1n) is 10.6. The monoisotopic (exact) mass is 481 g/mol. The quantitative estimate of drug-likeness (QED) is 0.679. The fourth-order valence-corrected chi connectivity index (χ4v) is 4.21. The van der Waals surface area contributed by atoms with Gasteiger partial charge in [0.15, 0.2) is 0 Å². The Balaban J connectivity index is 1.61. The third kappa shape index (κ3) is 6.41. The summed E-state index contributed by atoms with van der Waals surface area (Å²) in [5.41, 5.74) is 0.747. The van der Waals surface area contributed by atoms with E-state index >= 15 is 0 Å².